The number of nitrogens with one attached hydrogen (secondary N) is 1. The van der Waals surface area contributed by atoms with Gasteiger partial charge in [0.15, 0.2) is 0 Å². The number of benzene rings is 1. The standard InChI is InChI=1S/C15H21F2NS/c1-19-15(8-2-3-9-15)11-18-10-12-4-6-13(7-5-12)14(16)17/h4-7,14,18H,2-3,8-11H2,1H3. The molecule has 1 aromatic carbocycles. The molecule has 0 aliphatic heterocycles. The van der Waals surface area contributed by atoms with E-state index in [9.17, 15) is 8.78 Å². The summed E-state index contributed by atoms with van der Waals surface area (Å²) in [5.41, 5.74) is 1.17. The molecule has 4 heteroatoms. The molecule has 0 amide bonds. The maximum atomic E-state index is 12.4. The first-order valence-electron chi connectivity index (χ1n) is 6.78. The molecule has 0 saturated heterocycles. The molecular formula is C15H21F2NS. The van der Waals surface area contributed by atoms with Crippen LogP contribution < -0.4 is 5.32 Å². The molecule has 1 nitrogen and oxygen atoms in total. The van der Waals surface area contributed by atoms with Crippen molar-refractivity contribution in [3.8, 4) is 0 Å². The molecule has 1 fully saturated rings. The first-order chi connectivity index (χ1) is 9.15. The van der Waals surface area contributed by atoms with E-state index in [1.165, 1.54) is 37.8 Å². The Morgan fingerprint density at radius 3 is 2.37 bits per heavy atom. The molecule has 0 radical (unpaired) electrons. The van der Waals surface area contributed by atoms with Crippen LogP contribution in [0.3, 0.4) is 0 Å². The molecule has 0 spiro atoms. The second-order valence-corrected chi connectivity index (χ2v) is 6.51. The molecule has 0 bridgehead atoms. The quantitative estimate of drug-likeness (QED) is 0.832. The average molecular weight is 285 g/mol. The Labute approximate surface area is 118 Å². The van der Waals surface area contributed by atoms with Crippen molar-refractivity contribution in [2.24, 2.45) is 0 Å². The largest absolute Gasteiger partial charge is 0.311 e. The average Bonchev–Trinajstić information content (AvgIpc) is 2.89. The van der Waals surface area contributed by atoms with E-state index in [0.717, 1.165) is 18.7 Å². The number of alkyl halides is 2. The SMILES string of the molecule is CSC1(CNCc2ccc(C(F)F)cc2)CCCC1. The highest BCUT2D eigenvalue weighted by molar-refractivity contribution is 8.00. The molecule has 0 unspecified atom stereocenters. The number of rotatable bonds is 6. The normalized spacial score (nSPS) is 18.1. The van der Waals surface area contributed by atoms with Gasteiger partial charge in [-0.05, 0) is 24.7 Å². The molecule has 0 atom stereocenters. The van der Waals surface area contributed by atoms with Crippen molar-refractivity contribution in [2.75, 3.05) is 12.8 Å². The fourth-order valence-electron chi connectivity index (χ4n) is 2.69. The van der Waals surface area contributed by atoms with Crippen molar-refractivity contribution in [2.45, 2.75) is 43.4 Å². The zero-order valence-electron chi connectivity index (χ0n) is 11.3. The molecule has 1 aliphatic rings. The van der Waals surface area contributed by atoms with Crippen LogP contribution >= 0.6 is 11.8 Å². The van der Waals surface area contributed by atoms with Crippen LogP contribution in [0.25, 0.3) is 0 Å². The van der Waals surface area contributed by atoms with Crippen molar-refractivity contribution in [1.82, 2.24) is 5.32 Å². The smallest absolute Gasteiger partial charge is 0.263 e. The molecule has 1 aliphatic carbocycles. The Morgan fingerprint density at radius 1 is 1.21 bits per heavy atom. The van der Waals surface area contributed by atoms with E-state index in [0.29, 0.717) is 4.75 Å². The summed E-state index contributed by atoms with van der Waals surface area (Å²) < 4.78 is 25.3. The predicted molar refractivity (Wildman–Crippen MR) is 77.8 cm³/mol. The van der Waals surface area contributed by atoms with E-state index in [1.54, 1.807) is 12.1 Å². The molecule has 0 heterocycles. The summed E-state index contributed by atoms with van der Waals surface area (Å²) in [4.78, 5) is 0. The Kier molecular flexibility index (Phi) is 5.22. The third kappa shape index (κ3) is 3.93. The first-order valence-corrected chi connectivity index (χ1v) is 8.00. The summed E-state index contributed by atoms with van der Waals surface area (Å²) in [5.74, 6) is 0. The minimum Gasteiger partial charge on any atom is -0.311 e. The fraction of sp³-hybridized carbons (Fsp3) is 0.600. The molecule has 1 aromatic rings. The lowest BCUT2D eigenvalue weighted by Gasteiger charge is -2.27. The number of thioether (sulfide) groups is 1. The summed E-state index contributed by atoms with van der Waals surface area (Å²) >= 11 is 1.96. The lowest BCUT2D eigenvalue weighted by atomic mass is 10.1. The fourth-order valence-corrected chi connectivity index (χ4v) is 3.63. The van der Waals surface area contributed by atoms with Crippen LogP contribution in [0, 0.1) is 0 Å². The van der Waals surface area contributed by atoms with Gasteiger partial charge in [0.2, 0.25) is 0 Å². The molecular weight excluding hydrogens is 264 g/mol. The van der Waals surface area contributed by atoms with Gasteiger partial charge in [0.25, 0.3) is 6.43 Å². The minimum atomic E-state index is -2.37. The molecule has 1 saturated carbocycles. The summed E-state index contributed by atoms with van der Waals surface area (Å²) in [5, 5.41) is 3.48. The minimum absolute atomic E-state index is 0.0973. The van der Waals surface area contributed by atoms with Gasteiger partial charge in [0.1, 0.15) is 0 Å². The van der Waals surface area contributed by atoms with Crippen LogP contribution in [0.15, 0.2) is 24.3 Å². The zero-order chi connectivity index (χ0) is 13.7. The Bertz CT molecular complexity index is 386. The van der Waals surface area contributed by atoms with Crippen LogP contribution in [-0.2, 0) is 6.54 Å². The van der Waals surface area contributed by atoms with Crippen LogP contribution in [0.5, 0.6) is 0 Å². The van der Waals surface area contributed by atoms with Crippen molar-refractivity contribution in [1.29, 1.82) is 0 Å². The van der Waals surface area contributed by atoms with Crippen molar-refractivity contribution in [3.63, 3.8) is 0 Å². The van der Waals surface area contributed by atoms with Gasteiger partial charge in [-0.1, -0.05) is 37.1 Å². The van der Waals surface area contributed by atoms with E-state index in [-0.39, 0.29) is 5.56 Å². The van der Waals surface area contributed by atoms with Crippen LogP contribution in [0.4, 0.5) is 8.78 Å². The van der Waals surface area contributed by atoms with E-state index in [1.807, 2.05) is 11.8 Å². The van der Waals surface area contributed by atoms with Gasteiger partial charge < -0.3 is 5.32 Å². The molecule has 2 rings (SSSR count). The van der Waals surface area contributed by atoms with Gasteiger partial charge >= 0.3 is 0 Å². The maximum Gasteiger partial charge on any atom is 0.263 e. The van der Waals surface area contributed by atoms with Gasteiger partial charge in [0, 0.05) is 23.4 Å². The van der Waals surface area contributed by atoms with Crippen LogP contribution in [0.2, 0.25) is 0 Å². The Morgan fingerprint density at radius 2 is 1.84 bits per heavy atom. The van der Waals surface area contributed by atoms with E-state index >= 15 is 0 Å². The highest BCUT2D eigenvalue weighted by atomic mass is 32.2. The predicted octanol–water partition coefficient (Wildman–Crippen LogP) is 4.39. The lowest BCUT2D eigenvalue weighted by molar-refractivity contribution is 0.151. The number of halogens is 2. The summed E-state index contributed by atoms with van der Waals surface area (Å²) in [6, 6.07) is 6.60. The highest BCUT2D eigenvalue weighted by Gasteiger charge is 2.32. The van der Waals surface area contributed by atoms with Gasteiger partial charge in [0.05, 0.1) is 0 Å². The summed E-state index contributed by atoms with van der Waals surface area (Å²) in [6.45, 7) is 1.76. The van der Waals surface area contributed by atoms with Crippen molar-refractivity contribution in [3.05, 3.63) is 35.4 Å². The van der Waals surface area contributed by atoms with E-state index in [2.05, 4.69) is 11.6 Å². The van der Waals surface area contributed by atoms with Crippen molar-refractivity contribution < 1.29 is 8.78 Å². The van der Waals surface area contributed by atoms with Crippen LogP contribution in [-0.4, -0.2) is 17.5 Å². The van der Waals surface area contributed by atoms with E-state index < -0.39 is 6.43 Å². The Balaban J connectivity index is 1.82. The number of hydrogen-bond donors (Lipinski definition) is 1. The first kappa shape index (κ1) is 14.8. The van der Waals surface area contributed by atoms with Crippen molar-refractivity contribution >= 4 is 11.8 Å². The number of hydrogen-bond acceptors (Lipinski definition) is 2. The molecule has 0 aromatic heterocycles. The second-order valence-electron chi connectivity index (χ2n) is 5.24. The molecule has 106 valence electrons. The second kappa shape index (κ2) is 6.71. The van der Waals surface area contributed by atoms with Gasteiger partial charge in [-0.25, -0.2) is 8.78 Å². The van der Waals surface area contributed by atoms with E-state index in [4.69, 9.17) is 0 Å². The van der Waals surface area contributed by atoms with Gasteiger partial charge in [-0.3, -0.25) is 0 Å². The topological polar surface area (TPSA) is 12.0 Å². The maximum absolute atomic E-state index is 12.4. The third-order valence-corrected chi connectivity index (χ3v) is 5.37. The Hall–Kier alpha value is -0.610. The summed E-state index contributed by atoms with van der Waals surface area (Å²) in [7, 11) is 0. The lowest BCUT2D eigenvalue weighted by Crippen LogP contribution is -2.34. The molecule has 1 N–H and O–H groups in total. The zero-order valence-corrected chi connectivity index (χ0v) is 12.1. The third-order valence-electron chi connectivity index (χ3n) is 3.96. The van der Waals surface area contributed by atoms with Gasteiger partial charge in [-0.15, -0.1) is 0 Å². The molecule has 19 heavy (non-hydrogen) atoms. The summed E-state index contributed by atoms with van der Waals surface area (Å²) in [6.07, 6.45) is 5.03. The monoisotopic (exact) mass is 285 g/mol. The highest BCUT2D eigenvalue weighted by Crippen LogP contribution is 2.39. The van der Waals surface area contributed by atoms with Gasteiger partial charge in [-0.2, -0.15) is 11.8 Å². The van der Waals surface area contributed by atoms with Crippen LogP contribution in [0.1, 0.15) is 43.2 Å².